The predicted molar refractivity (Wildman–Crippen MR) is 78.8 cm³/mol. The fourth-order valence-corrected chi connectivity index (χ4v) is 2.82. The molecule has 1 aromatic heterocycles. The smallest absolute Gasteiger partial charge is 0.123 e. The van der Waals surface area contributed by atoms with E-state index in [4.69, 9.17) is 0 Å². The van der Waals surface area contributed by atoms with Gasteiger partial charge in [0.1, 0.15) is 10.8 Å². The van der Waals surface area contributed by atoms with Crippen molar-refractivity contribution in [1.82, 2.24) is 10.3 Å². The van der Waals surface area contributed by atoms with Crippen molar-refractivity contribution in [3.8, 4) is 10.6 Å². The second-order valence-electron chi connectivity index (χ2n) is 5.06. The molecule has 0 spiro atoms. The molecule has 1 aromatic carbocycles. The standard InChI is InChI=1S/C15H19FN2S/c1-10(2)8-17-9-14-11(3)18-15(19-14)12-4-6-13(16)7-5-12/h4-7,10,17H,8-9H2,1-3H3. The summed E-state index contributed by atoms with van der Waals surface area (Å²) < 4.78 is 12.9. The highest BCUT2D eigenvalue weighted by Gasteiger charge is 2.09. The van der Waals surface area contributed by atoms with Crippen LogP contribution in [0.5, 0.6) is 0 Å². The minimum atomic E-state index is -0.212. The molecule has 1 heterocycles. The van der Waals surface area contributed by atoms with Gasteiger partial charge in [0.25, 0.3) is 0 Å². The van der Waals surface area contributed by atoms with Crippen LogP contribution in [0.15, 0.2) is 24.3 Å². The topological polar surface area (TPSA) is 24.9 Å². The number of halogens is 1. The molecule has 0 bridgehead atoms. The molecule has 0 atom stereocenters. The van der Waals surface area contributed by atoms with Crippen LogP contribution in [0.2, 0.25) is 0 Å². The van der Waals surface area contributed by atoms with Crippen LogP contribution in [-0.2, 0) is 6.54 Å². The summed E-state index contributed by atoms with van der Waals surface area (Å²) in [5.74, 6) is 0.431. The van der Waals surface area contributed by atoms with Gasteiger partial charge in [0.05, 0.1) is 5.69 Å². The SMILES string of the molecule is Cc1nc(-c2ccc(F)cc2)sc1CNCC(C)C. The molecular weight excluding hydrogens is 259 g/mol. The van der Waals surface area contributed by atoms with Crippen LogP contribution in [0.3, 0.4) is 0 Å². The molecule has 2 aromatic rings. The maximum absolute atomic E-state index is 12.9. The summed E-state index contributed by atoms with van der Waals surface area (Å²) >= 11 is 1.67. The fourth-order valence-electron chi connectivity index (χ4n) is 1.78. The zero-order valence-corrected chi connectivity index (χ0v) is 12.4. The number of nitrogens with one attached hydrogen (secondary N) is 1. The van der Waals surface area contributed by atoms with Crippen molar-refractivity contribution in [3.05, 3.63) is 40.7 Å². The summed E-state index contributed by atoms with van der Waals surface area (Å²) in [5.41, 5.74) is 2.03. The zero-order chi connectivity index (χ0) is 13.8. The number of benzene rings is 1. The van der Waals surface area contributed by atoms with E-state index in [0.717, 1.165) is 29.4 Å². The lowest BCUT2D eigenvalue weighted by molar-refractivity contribution is 0.554. The Labute approximate surface area is 117 Å². The summed E-state index contributed by atoms with van der Waals surface area (Å²) in [4.78, 5) is 5.81. The van der Waals surface area contributed by atoms with E-state index < -0.39 is 0 Å². The lowest BCUT2D eigenvalue weighted by Gasteiger charge is -2.05. The number of hydrogen-bond donors (Lipinski definition) is 1. The molecule has 0 aliphatic heterocycles. The Balaban J connectivity index is 2.09. The van der Waals surface area contributed by atoms with Gasteiger partial charge >= 0.3 is 0 Å². The third-order valence-electron chi connectivity index (χ3n) is 2.82. The van der Waals surface area contributed by atoms with Gasteiger partial charge in [0, 0.05) is 17.0 Å². The lowest BCUT2D eigenvalue weighted by atomic mass is 10.2. The molecule has 4 heteroatoms. The van der Waals surface area contributed by atoms with Crippen LogP contribution < -0.4 is 5.32 Å². The summed E-state index contributed by atoms with van der Waals surface area (Å²) in [7, 11) is 0. The second-order valence-corrected chi connectivity index (χ2v) is 6.14. The van der Waals surface area contributed by atoms with Gasteiger partial charge in [0.15, 0.2) is 0 Å². The van der Waals surface area contributed by atoms with Gasteiger partial charge in [-0.05, 0) is 43.7 Å². The summed E-state index contributed by atoms with van der Waals surface area (Å²) in [6.45, 7) is 8.26. The Morgan fingerprint density at radius 2 is 1.95 bits per heavy atom. The average molecular weight is 278 g/mol. The van der Waals surface area contributed by atoms with Crippen molar-refractivity contribution in [2.45, 2.75) is 27.3 Å². The summed E-state index contributed by atoms with van der Waals surface area (Å²) in [6, 6.07) is 6.50. The number of thiazole rings is 1. The van der Waals surface area contributed by atoms with Crippen molar-refractivity contribution in [3.63, 3.8) is 0 Å². The number of hydrogen-bond acceptors (Lipinski definition) is 3. The Morgan fingerprint density at radius 3 is 2.58 bits per heavy atom. The van der Waals surface area contributed by atoms with Gasteiger partial charge in [-0.15, -0.1) is 11.3 Å². The monoisotopic (exact) mass is 278 g/mol. The van der Waals surface area contributed by atoms with Crippen LogP contribution in [0.4, 0.5) is 4.39 Å². The third kappa shape index (κ3) is 3.85. The highest BCUT2D eigenvalue weighted by Crippen LogP contribution is 2.27. The number of aryl methyl sites for hydroxylation is 1. The summed E-state index contributed by atoms with van der Waals surface area (Å²) in [5, 5.41) is 4.38. The molecule has 2 nitrogen and oxygen atoms in total. The van der Waals surface area contributed by atoms with E-state index in [1.165, 1.54) is 17.0 Å². The van der Waals surface area contributed by atoms with Gasteiger partial charge < -0.3 is 5.32 Å². The van der Waals surface area contributed by atoms with Gasteiger partial charge in [-0.3, -0.25) is 0 Å². The van der Waals surface area contributed by atoms with Crippen LogP contribution in [0, 0.1) is 18.7 Å². The van der Waals surface area contributed by atoms with Crippen LogP contribution in [-0.4, -0.2) is 11.5 Å². The molecule has 0 fully saturated rings. The maximum Gasteiger partial charge on any atom is 0.123 e. The minimum absolute atomic E-state index is 0.212. The van der Waals surface area contributed by atoms with Crippen molar-refractivity contribution < 1.29 is 4.39 Å². The molecule has 19 heavy (non-hydrogen) atoms. The van der Waals surface area contributed by atoms with Crippen molar-refractivity contribution >= 4 is 11.3 Å². The molecule has 2 rings (SSSR count). The molecule has 1 N–H and O–H groups in total. The molecule has 0 unspecified atom stereocenters. The molecule has 0 aliphatic carbocycles. The quantitative estimate of drug-likeness (QED) is 0.894. The van der Waals surface area contributed by atoms with Crippen molar-refractivity contribution in [2.75, 3.05) is 6.54 Å². The fraction of sp³-hybridized carbons (Fsp3) is 0.400. The average Bonchev–Trinajstić information content (AvgIpc) is 2.71. The van der Waals surface area contributed by atoms with E-state index in [-0.39, 0.29) is 5.82 Å². The number of rotatable bonds is 5. The van der Waals surface area contributed by atoms with Gasteiger partial charge in [-0.1, -0.05) is 13.8 Å². The van der Waals surface area contributed by atoms with Crippen LogP contribution >= 0.6 is 11.3 Å². The second kappa shape index (κ2) is 6.26. The molecule has 102 valence electrons. The van der Waals surface area contributed by atoms with Crippen molar-refractivity contribution in [1.29, 1.82) is 0 Å². The van der Waals surface area contributed by atoms with E-state index >= 15 is 0 Å². The minimum Gasteiger partial charge on any atom is -0.312 e. The Hall–Kier alpha value is -1.26. The van der Waals surface area contributed by atoms with Crippen molar-refractivity contribution in [2.24, 2.45) is 5.92 Å². The van der Waals surface area contributed by atoms with E-state index in [1.807, 2.05) is 6.92 Å². The Morgan fingerprint density at radius 1 is 1.26 bits per heavy atom. The highest BCUT2D eigenvalue weighted by atomic mass is 32.1. The Kier molecular flexibility index (Phi) is 4.66. The normalized spacial score (nSPS) is 11.2. The number of aromatic nitrogens is 1. The van der Waals surface area contributed by atoms with Crippen LogP contribution in [0.1, 0.15) is 24.4 Å². The largest absolute Gasteiger partial charge is 0.312 e. The van der Waals surface area contributed by atoms with Gasteiger partial charge in [0.2, 0.25) is 0 Å². The maximum atomic E-state index is 12.9. The van der Waals surface area contributed by atoms with Crippen LogP contribution in [0.25, 0.3) is 10.6 Å². The first kappa shape index (κ1) is 14.2. The van der Waals surface area contributed by atoms with E-state index in [2.05, 4.69) is 24.1 Å². The van der Waals surface area contributed by atoms with E-state index in [9.17, 15) is 4.39 Å². The van der Waals surface area contributed by atoms with Gasteiger partial charge in [-0.2, -0.15) is 0 Å². The molecular formula is C15H19FN2S. The first-order chi connectivity index (χ1) is 9.06. The zero-order valence-electron chi connectivity index (χ0n) is 11.5. The lowest BCUT2D eigenvalue weighted by Crippen LogP contribution is -2.18. The Bertz CT molecular complexity index is 532. The first-order valence-corrected chi connectivity index (χ1v) is 7.31. The number of nitrogens with zero attached hydrogens (tertiary/aromatic N) is 1. The molecule has 0 radical (unpaired) electrons. The third-order valence-corrected chi connectivity index (χ3v) is 4.03. The predicted octanol–water partition coefficient (Wildman–Crippen LogP) is 4.00. The van der Waals surface area contributed by atoms with Gasteiger partial charge in [-0.25, -0.2) is 9.37 Å². The summed E-state index contributed by atoms with van der Waals surface area (Å²) in [6.07, 6.45) is 0. The van der Waals surface area contributed by atoms with E-state index in [1.54, 1.807) is 23.5 Å². The first-order valence-electron chi connectivity index (χ1n) is 6.49. The molecule has 0 amide bonds. The highest BCUT2D eigenvalue weighted by molar-refractivity contribution is 7.15. The van der Waals surface area contributed by atoms with E-state index in [0.29, 0.717) is 5.92 Å². The molecule has 0 saturated carbocycles. The molecule has 0 aliphatic rings. The molecule has 0 saturated heterocycles.